The van der Waals surface area contributed by atoms with Crippen molar-refractivity contribution in [2.24, 2.45) is 0 Å². The molecule has 0 amide bonds. The van der Waals surface area contributed by atoms with Crippen molar-refractivity contribution >= 4 is 11.9 Å². The van der Waals surface area contributed by atoms with Gasteiger partial charge >= 0.3 is 11.9 Å². The van der Waals surface area contributed by atoms with Crippen molar-refractivity contribution < 1.29 is 47.2 Å². The molecule has 0 atom stereocenters. The predicted octanol–water partition coefficient (Wildman–Crippen LogP) is 8.89. The maximum atomic E-state index is 14.6. The Kier molecular flexibility index (Phi) is 15.5. The summed E-state index contributed by atoms with van der Waals surface area (Å²) >= 11 is 0. The highest BCUT2D eigenvalue weighted by Crippen LogP contribution is 2.32. The molecule has 0 aliphatic carbocycles. The van der Waals surface area contributed by atoms with Gasteiger partial charge < -0.3 is 28.8 Å². The van der Waals surface area contributed by atoms with Crippen LogP contribution in [-0.4, -0.2) is 51.6 Å². The Hall–Kier alpha value is -5.32. The molecule has 10 heteroatoms. The third kappa shape index (κ3) is 11.6. The fourth-order valence-electron chi connectivity index (χ4n) is 4.77. The Balaban J connectivity index is 0.000000293. The van der Waals surface area contributed by atoms with Crippen LogP contribution in [0.5, 0.6) is 11.5 Å². The van der Waals surface area contributed by atoms with Crippen molar-refractivity contribution in [3.05, 3.63) is 130 Å². The normalized spacial score (nSPS) is 10.3. The average molecular weight is 703 g/mol. The molecule has 0 fully saturated rings. The molecule has 0 bridgehead atoms. The summed E-state index contributed by atoms with van der Waals surface area (Å²) in [6, 6.07) is 18.6. The van der Waals surface area contributed by atoms with Crippen LogP contribution < -0.4 is 9.47 Å². The van der Waals surface area contributed by atoms with Crippen molar-refractivity contribution in [2.45, 2.75) is 40.9 Å². The minimum absolute atomic E-state index is 0.208. The molecule has 0 radical (unpaired) electrons. The quantitative estimate of drug-likeness (QED) is 0.0838. The van der Waals surface area contributed by atoms with Gasteiger partial charge in [-0.2, -0.15) is 0 Å². The topological polar surface area (TPSA) is 101 Å². The summed E-state index contributed by atoms with van der Waals surface area (Å²) < 4.78 is 54.6. The molecule has 0 aliphatic heterocycles. The molecule has 0 aliphatic rings. The zero-order valence-electron chi connectivity index (χ0n) is 30.0. The number of halogens is 2. The molecule has 1 N–H and O–H groups in total. The van der Waals surface area contributed by atoms with Gasteiger partial charge in [0, 0.05) is 11.1 Å². The Morgan fingerprint density at radius 1 is 0.627 bits per heavy atom. The summed E-state index contributed by atoms with van der Waals surface area (Å²) in [7, 11) is 4.30. The summed E-state index contributed by atoms with van der Waals surface area (Å²) in [5.74, 6) is -0.699. The van der Waals surface area contributed by atoms with E-state index in [1.807, 2.05) is 39.8 Å². The molecule has 8 nitrogen and oxygen atoms in total. The summed E-state index contributed by atoms with van der Waals surface area (Å²) in [5, 5.41) is 9.47. The average Bonchev–Trinajstić information content (AvgIpc) is 3.13. The number of benzene rings is 4. The minimum Gasteiger partial charge on any atom is -0.497 e. The first-order valence-corrected chi connectivity index (χ1v) is 16.1. The first-order chi connectivity index (χ1) is 24.4. The van der Waals surface area contributed by atoms with Gasteiger partial charge in [0.05, 0.1) is 52.3 Å². The molecular formula is C41H44F2O8. The van der Waals surface area contributed by atoms with Crippen LogP contribution in [0, 0.1) is 11.6 Å². The zero-order chi connectivity index (χ0) is 37.5. The fourth-order valence-corrected chi connectivity index (χ4v) is 4.77. The van der Waals surface area contributed by atoms with E-state index >= 15 is 0 Å². The highest BCUT2D eigenvalue weighted by molar-refractivity contribution is 5.91. The van der Waals surface area contributed by atoms with Crippen LogP contribution in [0.3, 0.4) is 0 Å². The van der Waals surface area contributed by atoms with Crippen LogP contribution in [0.4, 0.5) is 8.78 Å². The summed E-state index contributed by atoms with van der Waals surface area (Å²) in [5.41, 5.74) is 5.87. The molecule has 0 heterocycles. The van der Waals surface area contributed by atoms with Gasteiger partial charge in [0.1, 0.15) is 29.7 Å². The second-order valence-electron chi connectivity index (χ2n) is 11.8. The van der Waals surface area contributed by atoms with Crippen LogP contribution in [0.15, 0.2) is 96.1 Å². The number of ether oxygens (including phenoxy) is 5. The van der Waals surface area contributed by atoms with Crippen molar-refractivity contribution in [2.75, 3.05) is 34.5 Å². The van der Waals surface area contributed by atoms with Gasteiger partial charge in [0.15, 0.2) is 0 Å². The fraction of sp³-hybridized carbons (Fsp3) is 0.268. The standard InChI is InChI=1S/C25H29FO4.C16H15FO4/c1-17(2)10-12-29-16-20-14-19(25(27)30-13-11-18(3)4)6-8-22(20)23-15-21(28-5)7-9-24(23)26;1-20-12-4-6-15(17)14(8-12)13-5-3-10(16(19)21-2)7-11(13)9-18/h6-11,14-15H,12-13,16H2,1-5H3;3-8,18H,9H2,1-2H3. The number of allylic oxidation sites excluding steroid dienone is 2. The molecule has 0 saturated carbocycles. The number of aliphatic hydroxyl groups is 1. The largest absolute Gasteiger partial charge is 0.497 e. The number of methoxy groups -OCH3 is 3. The number of carbonyl (C=O) groups is 2. The third-order valence-corrected chi connectivity index (χ3v) is 7.54. The SMILES string of the molecule is COC(=O)c1ccc(-c2cc(OC)ccc2F)c(CO)c1.COc1ccc(F)c(-c2ccc(C(=O)OCC=C(C)C)cc2COCC=C(C)C)c1. The molecule has 0 unspecified atom stereocenters. The van der Waals surface area contributed by atoms with Crippen LogP contribution in [-0.2, 0) is 27.4 Å². The van der Waals surface area contributed by atoms with Gasteiger partial charge in [-0.3, -0.25) is 0 Å². The smallest absolute Gasteiger partial charge is 0.338 e. The highest BCUT2D eigenvalue weighted by atomic mass is 19.1. The molecular weight excluding hydrogens is 658 g/mol. The van der Waals surface area contributed by atoms with E-state index in [0.29, 0.717) is 62.6 Å². The second-order valence-corrected chi connectivity index (χ2v) is 11.8. The third-order valence-electron chi connectivity index (χ3n) is 7.54. The Bertz CT molecular complexity index is 1870. The van der Waals surface area contributed by atoms with Gasteiger partial charge in [-0.25, -0.2) is 18.4 Å². The van der Waals surface area contributed by atoms with Crippen LogP contribution in [0.2, 0.25) is 0 Å². The van der Waals surface area contributed by atoms with E-state index in [-0.39, 0.29) is 25.6 Å². The number of hydrogen-bond donors (Lipinski definition) is 1. The first-order valence-electron chi connectivity index (χ1n) is 16.1. The number of esters is 2. The molecule has 270 valence electrons. The Morgan fingerprint density at radius 2 is 1.12 bits per heavy atom. The number of carbonyl (C=O) groups excluding carboxylic acids is 2. The van der Waals surface area contributed by atoms with Gasteiger partial charge in [-0.1, -0.05) is 29.4 Å². The van der Waals surface area contributed by atoms with Gasteiger partial charge in [0.25, 0.3) is 0 Å². The lowest BCUT2D eigenvalue weighted by molar-refractivity contribution is 0.0547. The molecule has 0 spiro atoms. The molecule has 4 aromatic carbocycles. The molecule has 4 aromatic rings. The van der Waals surface area contributed by atoms with Crippen molar-refractivity contribution in [1.82, 2.24) is 0 Å². The summed E-state index contributed by atoms with van der Waals surface area (Å²) in [4.78, 5) is 23.9. The molecule has 0 saturated heterocycles. The monoisotopic (exact) mass is 702 g/mol. The second kappa shape index (κ2) is 19.8. The molecule has 4 rings (SSSR count). The molecule has 51 heavy (non-hydrogen) atoms. The lowest BCUT2D eigenvalue weighted by atomic mass is 9.97. The highest BCUT2D eigenvalue weighted by Gasteiger charge is 2.17. The van der Waals surface area contributed by atoms with Crippen LogP contribution in [0.25, 0.3) is 22.3 Å². The first kappa shape index (κ1) is 40.1. The Labute approximate surface area is 297 Å². The number of rotatable bonds is 13. The minimum atomic E-state index is -0.512. The summed E-state index contributed by atoms with van der Waals surface area (Å²) in [6.07, 6.45) is 3.80. The summed E-state index contributed by atoms with van der Waals surface area (Å²) in [6.45, 7) is 8.40. The lowest BCUT2D eigenvalue weighted by Gasteiger charge is -2.14. The molecule has 0 aromatic heterocycles. The number of hydrogen-bond acceptors (Lipinski definition) is 8. The van der Waals surface area contributed by atoms with E-state index in [4.69, 9.17) is 18.9 Å². The van der Waals surface area contributed by atoms with Crippen LogP contribution in [0.1, 0.15) is 59.5 Å². The van der Waals surface area contributed by atoms with E-state index < -0.39 is 17.8 Å². The lowest BCUT2D eigenvalue weighted by Crippen LogP contribution is -2.07. The maximum Gasteiger partial charge on any atom is 0.338 e. The van der Waals surface area contributed by atoms with Crippen molar-refractivity contribution in [1.29, 1.82) is 0 Å². The van der Waals surface area contributed by atoms with Gasteiger partial charge in [-0.15, -0.1) is 0 Å². The predicted molar refractivity (Wildman–Crippen MR) is 193 cm³/mol. The van der Waals surface area contributed by atoms with Crippen molar-refractivity contribution in [3.63, 3.8) is 0 Å². The van der Waals surface area contributed by atoms with Crippen LogP contribution >= 0.6 is 0 Å². The Morgan fingerprint density at radius 3 is 1.61 bits per heavy atom. The maximum absolute atomic E-state index is 14.6. The van der Waals surface area contributed by atoms with E-state index in [0.717, 1.165) is 11.1 Å². The van der Waals surface area contributed by atoms with Gasteiger partial charge in [0.2, 0.25) is 0 Å². The van der Waals surface area contributed by atoms with Crippen molar-refractivity contribution in [3.8, 4) is 33.8 Å². The van der Waals surface area contributed by atoms with E-state index in [1.54, 1.807) is 42.5 Å². The zero-order valence-corrected chi connectivity index (χ0v) is 30.0. The van der Waals surface area contributed by atoms with E-state index in [2.05, 4.69) is 4.74 Å². The number of aliphatic hydroxyl groups excluding tert-OH is 1. The van der Waals surface area contributed by atoms with E-state index in [9.17, 15) is 23.5 Å². The van der Waals surface area contributed by atoms with Gasteiger partial charge in [-0.05, 0) is 117 Å². The van der Waals surface area contributed by atoms with E-state index in [1.165, 1.54) is 51.7 Å².